The van der Waals surface area contributed by atoms with E-state index in [1.54, 1.807) is 0 Å². The van der Waals surface area contributed by atoms with Gasteiger partial charge < -0.3 is 11.1 Å². The summed E-state index contributed by atoms with van der Waals surface area (Å²) in [5.41, 5.74) is 5.71. The zero-order valence-electron chi connectivity index (χ0n) is 14.2. The highest BCUT2D eigenvalue weighted by molar-refractivity contribution is 5.86. The minimum absolute atomic E-state index is 0.0333. The lowest BCUT2D eigenvalue weighted by Crippen LogP contribution is -2.48. The molecule has 0 radical (unpaired) electrons. The van der Waals surface area contributed by atoms with Gasteiger partial charge in [0.25, 0.3) is 0 Å². The van der Waals surface area contributed by atoms with E-state index in [1.807, 2.05) is 13.8 Å². The molecule has 21 heavy (non-hydrogen) atoms. The van der Waals surface area contributed by atoms with Gasteiger partial charge in [0, 0.05) is 6.42 Å². The first-order valence-corrected chi connectivity index (χ1v) is 8.23. The molecule has 0 spiro atoms. The molecule has 0 aliphatic heterocycles. The molecule has 1 aliphatic carbocycles. The molecule has 4 nitrogen and oxygen atoms in total. The van der Waals surface area contributed by atoms with Crippen molar-refractivity contribution in [3.8, 4) is 0 Å². The van der Waals surface area contributed by atoms with Gasteiger partial charge in [-0.2, -0.15) is 0 Å². The molecule has 122 valence electrons. The topological polar surface area (TPSA) is 72.2 Å². The van der Waals surface area contributed by atoms with Crippen molar-refractivity contribution in [1.82, 2.24) is 5.32 Å². The first kappa shape index (κ1) is 18.0. The first-order chi connectivity index (χ1) is 9.64. The fraction of sp³-hybridized carbons (Fsp3) is 0.882. The van der Waals surface area contributed by atoms with Crippen molar-refractivity contribution in [1.29, 1.82) is 0 Å². The van der Waals surface area contributed by atoms with Crippen LogP contribution in [-0.4, -0.2) is 17.9 Å². The second kappa shape index (κ2) is 7.28. The Morgan fingerprint density at radius 3 is 2.43 bits per heavy atom. The Morgan fingerprint density at radius 1 is 1.33 bits per heavy atom. The fourth-order valence-electron chi connectivity index (χ4n) is 3.92. The molecule has 4 heteroatoms. The molecule has 1 fully saturated rings. The quantitative estimate of drug-likeness (QED) is 0.791. The molecule has 0 bridgehead atoms. The summed E-state index contributed by atoms with van der Waals surface area (Å²) in [5.74, 6) is 0.680. The zero-order chi connectivity index (χ0) is 16.2. The summed E-state index contributed by atoms with van der Waals surface area (Å²) in [4.78, 5) is 23.7. The standard InChI is InChI=1S/C17H32N2O2/c1-6-12(3)15(16(18)21)19-14(20)8-13-7-11(2)9-17(4,5)10-13/h11-13,15H,6-10H2,1-5H3,(H2,18,21)(H,19,20). The molecular weight excluding hydrogens is 264 g/mol. The van der Waals surface area contributed by atoms with E-state index in [1.165, 1.54) is 6.42 Å². The molecule has 0 saturated heterocycles. The van der Waals surface area contributed by atoms with Gasteiger partial charge in [0.2, 0.25) is 11.8 Å². The summed E-state index contributed by atoms with van der Waals surface area (Å²) >= 11 is 0. The highest BCUT2D eigenvalue weighted by atomic mass is 16.2. The van der Waals surface area contributed by atoms with Crippen molar-refractivity contribution in [3.63, 3.8) is 0 Å². The van der Waals surface area contributed by atoms with E-state index in [-0.39, 0.29) is 11.8 Å². The predicted octanol–water partition coefficient (Wildman–Crippen LogP) is 2.86. The molecule has 1 aliphatic rings. The van der Waals surface area contributed by atoms with Gasteiger partial charge in [-0.25, -0.2) is 0 Å². The van der Waals surface area contributed by atoms with Gasteiger partial charge in [-0.05, 0) is 42.4 Å². The minimum Gasteiger partial charge on any atom is -0.368 e. The monoisotopic (exact) mass is 296 g/mol. The molecule has 0 aromatic carbocycles. The largest absolute Gasteiger partial charge is 0.368 e. The van der Waals surface area contributed by atoms with Crippen LogP contribution in [0, 0.1) is 23.2 Å². The van der Waals surface area contributed by atoms with Gasteiger partial charge in [0.05, 0.1) is 0 Å². The summed E-state index contributed by atoms with van der Waals surface area (Å²) < 4.78 is 0. The van der Waals surface area contributed by atoms with Crippen LogP contribution in [0.2, 0.25) is 0 Å². The Hall–Kier alpha value is -1.06. The third-order valence-corrected chi connectivity index (χ3v) is 4.79. The second-order valence-corrected chi connectivity index (χ2v) is 7.82. The number of hydrogen-bond donors (Lipinski definition) is 2. The summed E-state index contributed by atoms with van der Waals surface area (Å²) in [6.45, 7) is 10.8. The molecule has 0 heterocycles. The third-order valence-electron chi connectivity index (χ3n) is 4.79. The summed E-state index contributed by atoms with van der Waals surface area (Å²) in [6.07, 6.45) is 4.73. The van der Waals surface area contributed by atoms with Crippen LogP contribution in [0.4, 0.5) is 0 Å². The Morgan fingerprint density at radius 2 is 1.95 bits per heavy atom. The van der Waals surface area contributed by atoms with Crippen LogP contribution in [0.15, 0.2) is 0 Å². The maximum Gasteiger partial charge on any atom is 0.240 e. The number of carbonyl (C=O) groups excluding carboxylic acids is 2. The number of nitrogens with two attached hydrogens (primary N) is 1. The maximum atomic E-state index is 12.2. The smallest absolute Gasteiger partial charge is 0.240 e. The maximum absolute atomic E-state index is 12.2. The van der Waals surface area contributed by atoms with E-state index < -0.39 is 11.9 Å². The SMILES string of the molecule is CCC(C)C(NC(=O)CC1CC(C)CC(C)(C)C1)C(N)=O. The number of hydrogen-bond acceptors (Lipinski definition) is 2. The molecule has 4 atom stereocenters. The van der Waals surface area contributed by atoms with E-state index in [9.17, 15) is 9.59 Å². The average Bonchev–Trinajstić information content (AvgIpc) is 2.31. The second-order valence-electron chi connectivity index (χ2n) is 7.82. The normalized spacial score (nSPS) is 27.7. The summed E-state index contributed by atoms with van der Waals surface area (Å²) in [7, 11) is 0. The van der Waals surface area contributed by atoms with E-state index >= 15 is 0 Å². The molecule has 0 aromatic heterocycles. The van der Waals surface area contributed by atoms with Crippen molar-refractivity contribution in [2.45, 2.75) is 72.8 Å². The summed E-state index contributed by atoms with van der Waals surface area (Å²) in [5, 5.41) is 2.84. The molecule has 3 N–H and O–H groups in total. The van der Waals surface area contributed by atoms with Gasteiger partial charge >= 0.3 is 0 Å². The lowest BCUT2D eigenvalue weighted by atomic mass is 9.67. The van der Waals surface area contributed by atoms with Gasteiger partial charge in [-0.15, -0.1) is 0 Å². The number of nitrogens with one attached hydrogen (secondary N) is 1. The molecular formula is C17H32N2O2. The molecule has 1 rings (SSSR count). The molecule has 4 unspecified atom stereocenters. The van der Waals surface area contributed by atoms with Crippen molar-refractivity contribution in [2.75, 3.05) is 0 Å². The Bertz CT molecular complexity index is 379. The van der Waals surface area contributed by atoms with E-state index in [0.717, 1.165) is 19.3 Å². The van der Waals surface area contributed by atoms with Crippen molar-refractivity contribution in [3.05, 3.63) is 0 Å². The summed E-state index contributed by atoms with van der Waals surface area (Å²) in [6, 6.07) is -0.545. The van der Waals surface area contributed by atoms with E-state index in [4.69, 9.17) is 5.73 Å². The molecule has 0 aromatic rings. The first-order valence-electron chi connectivity index (χ1n) is 8.23. The van der Waals surface area contributed by atoms with Gasteiger partial charge in [0.15, 0.2) is 0 Å². The lowest BCUT2D eigenvalue weighted by Gasteiger charge is -2.39. The number of rotatable bonds is 6. The van der Waals surface area contributed by atoms with Gasteiger partial charge in [-0.3, -0.25) is 9.59 Å². The fourth-order valence-corrected chi connectivity index (χ4v) is 3.92. The highest BCUT2D eigenvalue weighted by Crippen LogP contribution is 2.42. The number of carbonyl (C=O) groups is 2. The van der Waals surface area contributed by atoms with Gasteiger partial charge in [-0.1, -0.05) is 41.0 Å². The van der Waals surface area contributed by atoms with E-state index in [0.29, 0.717) is 23.7 Å². The van der Waals surface area contributed by atoms with Crippen LogP contribution in [-0.2, 0) is 9.59 Å². The van der Waals surface area contributed by atoms with Crippen LogP contribution in [0.1, 0.15) is 66.7 Å². The Kier molecular flexibility index (Phi) is 6.24. The van der Waals surface area contributed by atoms with Crippen molar-refractivity contribution >= 4 is 11.8 Å². The van der Waals surface area contributed by atoms with Gasteiger partial charge in [0.1, 0.15) is 6.04 Å². The average molecular weight is 296 g/mol. The van der Waals surface area contributed by atoms with Crippen LogP contribution in [0.25, 0.3) is 0 Å². The minimum atomic E-state index is -0.545. The van der Waals surface area contributed by atoms with Crippen LogP contribution in [0.3, 0.4) is 0 Å². The van der Waals surface area contributed by atoms with Crippen molar-refractivity contribution in [2.24, 2.45) is 28.9 Å². The lowest BCUT2D eigenvalue weighted by molar-refractivity contribution is -0.129. The van der Waals surface area contributed by atoms with Crippen LogP contribution >= 0.6 is 0 Å². The highest BCUT2D eigenvalue weighted by Gasteiger charge is 2.33. The Balaban J connectivity index is 2.58. The van der Waals surface area contributed by atoms with Crippen molar-refractivity contribution < 1.29 is 9.59 Å². The predicted molar refractivity (Wildman–Crippen MR) is 85.5 cm³/mol. The zero-order valence-corrected chi connectivity index (χ0v) is 14.2. The van der Waals surface area contributed by atoms with E-state index in [2.05, 4.69) is 26.1 Å². The molecule has 2 amide bonds. The molecule has 1 saturated carbocycles. The number of amides is 2. The van der Waals surface area contributed by atoms with Crippen LogP contribution in [0.5, 0.6) is 0 Å². The van der Waals surface area contributed by atoms with Crippen LogP contribution < -0.4 is 11.1 Å². The Labute approximate surface area is 129 Å². The third kappa shape index (κ3) is 5.68. The number of primary amides is 1.